The molecule has 41 heavy (non-hydrogen) atoms. The monoisotopic (exact) mass is 628 g/mol. The van der Waals surface area contributed by atoms with Gasteiger partial charge in [0.2, 0.25) is 10.0 Å². The summed E-state index contributed by atoms with van der Waals surface area (Å²) in [5, 5.41) is 13.8. The Kier molecular flexibility index (Phi) is 9.73. The number of sulfonamides is 1. The molecule has 2 atom stereocenters. The third kappa shape index (κ3) is 8.64. The number of aromatic nitrogens is 3. The number of alkyl halides is 6. The van der Waals surface area contributed by atoms with Crippen LogP contribution in [0.5, 0.6) is 0 Å². The van der Waals surface area contributed by atoms with E-state index in [9.17, 15) is 49.5 Å². The van der Waals surface area contributed by atoms with Crippen LogP contribution in [0.15, 0.2) is 53.3 Å². The summed E-state index contributed by atoms with van der Waals surface area (Å²) in [5.41, 5.74) is -2.56. The molecule has 17 heteroatoms. The van der Waals surface area contributed by atoms with Crippen molar-refractivity contribution in [3.8, 4) is 11.4 Å². The molecule has 0 aliphatic rings. The number of benzene rings is 2. The lowest BCUT2D eigenvalue weighted by Crippen LogP contribution is -2.37. The van der Waals surface area contributed by atoms with Crippen LogP contribution in [0.25, 0.3) is 11.4 Å². The number of Topliss-reactive ketones (excluding diaryl/α,β-unsaturated/α-hetero) is 1. The van der Waals surface area contributed by atoms with E-state index in [0.717, 1.165) is 24.5 Å². The van der Waals surface area contributed by atoms with Gasteiger partial charge in [0, 0.05) is 23.0 Å². The number of nitrogens with one attached hydrogen (secondary N) is 1. The zero-order valence-electron chi connectivity index (χ0n) is 21.1. The van der Waals surface area contributed by atoms with E-state index in [2.05, 4.69) is 9.82 Å². The Labute approximate surface area is 234 Å². The van der Waals surface area contributed by atoms with Crippen molar-refractivity contribution in [1.82, 2.24) is 19.1 Å². The van der Waals surface area contributed by atoms with Crippen molar-refractivity contribution in [3.63, 3.8) is 0 Å². The minimum absolute atomic E-state index is 0.147. The first kappa shape index (κ1) is 32.3. The summed E-state index contributed by atoms with van der Waals surface area (Å²) in [4.78, 5) is 25.7. The first-order valence-corrected chi connectivity index (χ1v) is 14.0. The van der Waals surface area contributed by atoms with Crippen LogP contribution < -0.4 is 10.4 Å². The minimum Gasteiger partial charge on any atom is -0.382 e. The van der Waals surface area contributed by atoms with Crippen molar-refractivity contribution in [1.29, 1.82) is 0 Å². The van der Waals surface area contributed by atoms with E-state index in [1.165, 1.54) is 30.3 Å². The van der Waals surface area contributed by atoms with E-state index >= 15 is 0 Å². The Bertz CT molecular complexity index is 1550. The van der Waals surface area contributed by atoms with Crippen LogP contribution in [0.2, 0.25) is 5.02 Å². The van der Waals surface area contributed by atoms with Crippen molar-refractivity contribution in [2.45, 2.75) is 50.4 Å². The van der Waals surface area contributed by atoms with E-state index in [0.29, 0.717) is 9.25 Å². The Morgan fingerprint density at radius 2 is 1.68 bits per heavy atom. The first-order chi connectivity index (χ1) is 18.9. The Morgan fingerprint density at radius 1 is 1.07 bits per heavy atom. The quantitative estimate of drug-likeness (QED) is 0.310. The number of rotatable bonds is 11. The smallest absolute Gasteiger partial charge is 0.382 e. The van der Waals surface area contributed by atoms with E-state index < -0.39 is 83.1 Å². The standard InChI is InChI=1S/C24H23ClF6N4O5S/c1-41(39,40)33-19(17-4-2-3-5-18(17)23(26,27)28)11-10-16(36)12-35-22(38)34(13-20(37)24(29,30)31)21(32-35)14-6-8-15(25)9-7-14/h2-9,19-20,33,37H,10-13H2,1H3/t19?,20-/m0/s1. The second-order valence-corrected chi connectivity index (χ2v) is 11.3. The molecule has 1 unspecified atom stereocenters. The predicted molar refractivity (Wildman–Crippen MR) is 135 cm³/mol. The zero-order valence-corrected chi connectivity index (χ0v) is 22.7. The molecular weight excluding hydrogens is 606 g/mol. The molecule has 0 amide bonds. The lowest BCUT2D eigenvalue weighted by Gasteiger charge is -2.22. The molecule has 0 saturated carbocycles. The minimum atomic E-state index is -5.07. The molecule has 9 nitrogen and oxygen atoms in total. The van der Waals surface area contributed by atoms with Gasteiger partial charge in [-0.05, 0) is 42.3 Å². The maximum absolute atomic E-state index is 13.6. The van der Waals surface area contributed by atoms with Gasteiger partial charge in [-0.2, -0.15) is 26.3 Å². The summed E-state index contributed by atoms with van der Waals surface area (Å²) >= 11 is 5.83. The van der Waals surface area contributed by atoms with Crippen LogP contribution in [-0.2, 0) is 34.1 Å². The lowest BCUT2D eigenvalue weighted by molar-refractivity contribution is -0.207. The van der Waals surface area contributed by atoms with Crippen LogP contribution in [0.1, 0.15) is 30.0 Å². The zero-order chi connectivity index (χ0) is 30.8. The van der Waals surface area contributed by atoms with Crippen LogP contribution in [0, 0.1) is 0 Å². The van der Waals surface area contributed by atoms with Crippen molar-refractivity contribution >= 4 is 27.4 Å². The van der Waals surface area contributed by atoms with Gasteiger partial charge in [-0.15, -0.1) is 5.10 Å². The highest BCUT2D eigenvalue weighted by Gasteiger charge is 2.39. The van der Waals surface area contributed by atoms with Crippen molar-refractivity contribution in [2.24, 2.45) is 0 Å². The fourth-order valence-corrected chi connectivity index (χ4v) is 4.83. The van der Waals surface area contributed by atoms with Crippen LogP contribution in [-0.4, -0.2) is 52.2 Å². The molecule has 0 aliphatic heterocycles. The van der Waals surface area contributed by atoms with Gasteiger partial charge in [-0.3, -0.25) is 9.36 Å². The summed E-state index contributed by atoms with van der Waals surface area (Å²) in [6.45, 7) is -2.02. The summed E-state index contributed by atoms with van der Waals surface area (Å²) in [7, 11) is -4.03. The number of carbonyl (C=O) groups excluding carboxylic acids is 1. The van der Waals surface area contributed by atoms with E-state index in [4.69, 9.17) is 11.6 Å². The van der Waals surface area contributed by atoms with E-state index in [1.807, 2.05) is 0 Å². The van der Waals surface area contributed by atoms with Gasteiger partial charge in [0.1, 0.15) is 6.54 Å². The Hall–Kier alpha value is -3.21. The predicted octanol–water partition coefficient (Wildman–Crippen LogP) is 3.95. The average Bonchev–Trinajstić information content (AvgIpc) is 3.15. The lowest BCUT2D eigenvalue weighted by atomic mass is 9.96. The molecule has 2 N–H and O–H groups in total. The summed E-state index contributed by atoms with van der Waals surface area (Å²) in [6.07, 6.45) is -13.1. The fourth-order valence-electron chi connectivity index (χ4n) is 3.94. The molecule has 0 saturated heterocycles. The second kappa shape index (κ2) is 12.3. The molecule has 0 spiro atoms. The number of carbonyl (C=O) groups is 1. The Morgan fingerprint density at radius 3 is 2.24 bits per heavy atom. The van der Waals surface area contributed by atoms with Crippen LogP contribution in [0.4, 0.5) is 26.3 Å². The molecule has 0 bridgehead atoms. The number of hydrogen-bond acceptors (Lipinski definition) is 6. The second-order valence-electron chi connectivity index (χ2n) is 9.04. The molecule has 0 radical (unpaired) electrons. The highest BCUT2D eigenvalue weighted by molar-refractivity contribution is 7.88. The summed E-state index contributed by atoms with van der Waals surface area (Å²) in [5.74, 6) is -1.08. The molecule has 2 aromatic carbocycles. The number of nitrogens with zero attached hydrogens (tertiary/aromatic N) is 3. The number of hydrogen-bond donors (Lipinski definition) is 2. The number of aliphatic hydroxyl groups is 1. The van der Waals surface area contributed by atoms with Gasteiger partial charge in [-0.1, -0.05) is 29.8 Å². The van der Waals surface area contributed by atoms with Crippen molar-refractivity contribution in [2.75, 3.05) is 6.26 Å². The van der Waals surface area contributed by atoms with Gasteiger partial charge >= 0.3 is 18.0 Å². The number of halogens is 7. The van der Waals surface area contributed by atoms with Gasteiger partial charge in [0.05, 0.1) is 18.4 Å². The van der Waals surface area contributed by atoms with Crippen LogP contribution >= 0.6 is 11.6 Å². The number of aliphatic hydroxyl groups excluding tert-OH is 1. The van der Waals surface area contributed by atoms with Gasteiger partial charge in [0.15, 0.2) is 17.7 Å². The normalized spacial score (nSPS) is 14.2. The SMILES string of the molecule is CS(=O)(=O)NC(CCC(=O)Cn1nc(-c2ccc(Cl)cc2)n(C[C@H](O)C(F)(F)F)c1=O)c1ccccc1C(F)(F)F. The summed E-state index contributed by atoms with van der Waals surface area (Å²) < 4.78 is 107. The van der Waals surface area contributed by atoms with Crippen molar-refractivity contribution in [3.05, 3.63) is 75.2 Å². The molecule has 0 aliphatic carbocycles. The highest BCUT2D eigenvalue weighted by atomic mass is 35.5. The Balaban J connectivity index is 1.90. The van der Waals surface area contributed by atoms with Gasteiger partial charge < -0.3 is 5.11 Å². The molecular formula is C24H23ClF6N4O5S. The molecule has 0 fully saturated rings. The highest BCUT2D eigenvalue weighted by Crippen LogP contribution is 2.36. The molecule has 3 rings (SSSR count). The average molecular weight is 629 g/mol. The largest absolute Gasteiger partial charge is 0.416 e. The third-order valence-electron chi connectivity index (χ3n) is 5.79. The molecule has 1 heterocycles. The maximum Gasteiger partial charge on any atom is 0.416 e. The fraction of sp³-hybridized carbons (Fsp3) is 0.375. The summed E-state index contributed by atoms with van der Waals surface area (Å²) in [6, 6.07) is 8.20. The molecule has 1 aromatic heterocycles. The molecule has 3 aromatic rings. The third-order valence-corrected chi connectivity index (χ3v) is 6.76. The van der Waals surface area contributed by atoms with E-state index in [1.54, 1.807) is 0 Å². The topological polar surface area (TPSA) is 123 Å². The van der Waals surface area contributed by atoms with Crippen LogP contribution in [0.3, 0.4) is 0 Å². The van der Waals surface area contributed by atoms with E-state index in [-0.39, 0.29) is 16.4 Å². The first-order valence-electron chi connectivity index (χ1n) is 11.7. The van der Waals surface area contributed by atoms with Gasteiger partial charge in [0.25, 0.3) is 0 Å². The molecule has 224 valence electrons. The van der Waals surface area contributed by atoms with Gasteiger partial charge in [-0.25, -0.2) is 22.6 Å². The van der Waals surface area contributed by atoms with Crippen molar-refractivity contribution < 1.29 is 44.7 Å². The number of ketones is 1. The maximum atomic E-state index is 13.6.